The molecule has 11 heteroatoms. The standard InChI is InChI=1S/C24H27N3O2S.C2HF3O2/c1-18-9-12-22-23(26-15-13-25-14-16-26)7-4-8-24(22)27(18)30(28,29)21-11-10-19-5-2-3-6-20(19)17-21;3-2(4,5)1(6)7/h2-8,10-11,17-18,25H,9,12-16H2,1H3;(H,6,7). The highest BCUT2D eigenvalue weighted by Crippen LogP contribution is 2.40. The molecular formula is C26H28F3N3O4S. The number of carboxylic acids is 1. The van der Waals surface area contributed by atoms with Gasteiger partial charge in [-0.25, -0.2) is 13.2 Å². The van der Waals surface area contributed by atoms with E-state index in [1.807, 2.05) is 49.4 Å². The smallest absolute Gasteiger partial charge is 0.475 e. The lowest BCUT2D eigenvalue weighted by Crippen LogP contribution is -2.45. The Labute approximate surface area is 213 Å². The van der Waals surface area contributed by atoms with Crippen molar-refractivity contribution < 1.29 is 31.5 Å². The SMILES string of the molecule is CC1CCc2c(N3CCNCC3)cccc2N1S(=O)(=O)c1ccc2ccccc2c1.O=C(O)C(F)(F)F. The number of hydrogen-bond acceptors (Lipinski definition) is 5. The van der Waals surface area contributed by atoms with Crippen molar-refractivity contribution in [2.75, 3.05) is 35.4 Å². The summed E-state index contributed by atoms with van der Waals surface area (Å²) in [6.07, 6.45) is -3.36. The highest BCUT2D eigenvalue weighted by Gasteiger charge is 2.38. The normalized spacial score (nSPS) is 18.1. The molecule has 3 aromatic carbocycles. The van der Waals surface area contributed by atoms with E-state index in [-0.39, 0.29) is 6.04 Å². The van der Waals surface area contributed by atoms with E-state index in [9.17, 15) is 21.6 Å². The molecule has 2 heterocycles. The van der Waals surface area contributed by atoms with Crippen LogP contribution in [0.1, 0.15) is 18.9 Å². The Balaban J connectivity index is 0.000000405. The van der Waals surface area contributed by atoms with Gasteiger partial charge in [0.15, 0.2) is 0 Å². The Hall–Kier alpha value is -3.31. The van der Waals surface area contributed by atoms with Gasteiger partial charge in [0.25, 0.3) is 10.0 Å². The first kappa shape index (κ1) is 26.7. The molecule has 198 valence electrons. The fourth-order valence-electron chi connectivity index (χ4n) is 4.74. The second-order valence-corrected chi connectivity index (χ2v) is 10.8. The van der Waals surface area contributed by atoms with Crippen LogP contribution in [0, 0.1) is 0 Å². The predicted molar refractivity (Wildman–Crippen MR) is 137 cm³/mol. The van der Waals surface area contributed by atoms with Crippen LogP contribution in [-0.4, -0.2) is 57.9 Å². The Morgan fingerprint density at radius 1 is 0.973 bits per heavy atom. The molecule has 2 aliphatic heterocycles. The van der Waals surface area contributed by atoms with Gasteiger partial charge >= 0.3 is 12.1 Å². The van der Waals surface area contributed by atoms with Crippen molar-refractivity contribution in [1.82, 2.24) is 5.32 Å². The Kier molecular flexibility index (Phi) is 7.65. The maximum absolute atomic E-state index is 13.8. The summed E-state index contributed by atoms with van der Waals surface area (Å²) in [5.41, 5.74) is 3.17. The number of piperazine rings is 1. The molecule has 7 nitrogen and oxygen atoms in total. The lowest BCUT2D eigenvalue weighted by molar-refractivity contribution is -0.192. The Morgan fingerprint density at radius 3 is 2.24 bits per heavy atom. The van der Waals surface area contributed by atoms with Crippen LogP contribution in [0.25, 0.3) is 10.8 Å². The summed E-state index contributed by atoms with van der Waals surface area (Å²) in [6.45, 7) is 5.82. The predicted octanol–water partition coefficient (Wildman–Crippen LogP) is 4.41. The number of benzene rings is 3. The third-order valence-electron chi connectivity index (χ3n) is 6.55. The molecule has 2 N–H and O–H groups in total. The fourth-order valence-corrected chi connectivity index (χ4v) is 6.50. The third-order valence-corrected chi connectivity index (χ3v) is 8.48. The Bertz CT molecular complexity index is 1390. The molecule has 0 bridgehead atoms. The molecule has 0 aliphatic carbocycles. The topological polar surface area (TPSA) is 90.0 Å². The maximum atomic E-state index is 13.8. The van der Waals surface area contributed by atoms with Gasteiger partial charge in [0, 0.05) is 37.9 Å². The number of aliphatic carboxylic acids is 1. The molecule has 3 aromatic rings. The first-order valence-electron chi connectivity index (χ1n) is 11.9. The lowest BCUT2D eigenvalue weighted by atomic mass is 9.96. The van der Waals surface area contributed by atoms with Crippen molar-refractivity contribution in [3.05, 3.63) is 66.2 Å². The van der Waals surface area contributed by atoms with E-state index in [1.165, 1.54) is 5.69 Å². The second-order valence-electron chi connectivity index (χ2n) is 9.01. The van der Waals surface area contributed by atoms with Crippen LogP contribution in [0.4, 0.5) is 24.5 Å². The number of sulfonamides is 1. The van der Waals surface area contributed by atoms with Crippen LogP contribution in [0.15, 0.2) is 65.6 Å². The number of carbonyl (C=O) groups is 1. The van der Waals surface area contributed by atoms with Crippen LogP contribution in [0.2, 0.25) is 0 Å². The molecule has 0 aromatic heterocycles. The van der Waals surface area contributed by atoms with E-state index in [0.29, 0.717) is 4.90 Å². The quantitative estimate of drug-likeness (QED) is 0.517. The van der Waals surface area contributed by atoms with Gasteiger partial charge in [-0.05, 0) is 60.4 Å². The van der Waals surface area contributed by atoms with Gasteiger partial charge in [-0.3, -0.25) is 4.31 Å². The van der Waals surface area contributed by atoms with Crippen LogP contribution < -0.4 is 14.5 Å². The minimum absolute atomic E-state index is 0.0766. The van der Waals surface area contributed by atoms with Crippen LogP contribution >= 0.6 is 0 Å². The summed E-state index contributed by atoms with van der Waals surface area (Å²) >= 11 is 0. The zero-order chi connectivity index (χ0) is 26.8. The molecular weight excluding hydrogens is 507 g/mol. The summed E-state index contributed by atoms with van der Waals surface area (Å²) in [6, 6.07) is 19.3. The number of rotatable bonds is 3. The maximum Gasteiger partial charge on any atom is 0.490 e. The van der Waals surface area contributed by atoms with Gasteiger partial charge < -0.3 is 15.3 Å². The third kappa shape index (κ3) is 5.67. The molecule has 1 unspecified atom stereocenters. The van der Waals surface area contributed by atoms with Gasteiger partial charge in [0.05, 0.1) is 10.6 Å². The van der Waals surface area contributed by atoms with Crippen LogP contribution in [-0.2, 0) is 21.2 Å². The minimum atomic E-state index is -5.08. The number of carboxylic acid groups (broad SMARTS) is 1. The summed E-state index contributed by atoms with van der Waals surface area (Å²) in [7, 11) is -3.66. The molecule has 0 amide bonds. The van der Waals surface area contributed by atoms with Crippen molar-refractivity contribution >= 4 is 38.1 Å². The highest BCUT2D eigenvalue weighted by atomic mass is 32.2. The first-order valence-corrected chi connectivity index (χ1v) is 13.3. The van der Waals surface area contributed by atoms with Crippen LogP contribution in [0.3, 0.4) is 0 Å². The van der Waals surface area contributed by atoms with E-state index < -0.39 is 22.2 Å². The van der Waals surface area contributed by atoms with E-state index >= 15 is 0 Å². The second kappa shape index (κ2) is 10.6. The van der Waals surface area contributed by atoms with E-state index in [1.54, 1.807) is 16.4 Å². The number of anilines is 2. The van der Waals surface area contributed by atoms with E-state index in [4.69, 9.17) is 9.90 Å². The van der Waals surface area contributed by atoms with Crippen molar-refractivity contribution in [3.63, 3.8) is 0 Å². The van der Waals surface area contributed by atoms with Crippen molar-refractivity contribution in [1.29, 1.82) is 0 Å². The van der Waals surface area contributed by atoms with Crippen molar-refractivity contribution in [2.24, 2.45) is 0 Å². The lowest BCUT2D eigenvalue weighted by Gasteiger charge is -2.39. The molecule has 5 rings (SSSR count). The van der Waals surface area contributed by atoms with Crippen molar-refractivity contribution in [3.8, 4) is 0 Å². The first-order chi connectivity index (χ1) is 17.5. The van der Waals surface area contributed by atoms with Gasteiger partial charge in [0.2, 0.25) is 0 Å². The van der Waals surface area contributed by atoms with Gasteiger partial charge in [-0.15, -0.1) is 0 Å². The Morgan fingerprint density at radius 2 is 1.59 bits per heavy atom. The van der Waals surface area contributed by atoms with E-state index in [2.05, 4.69) is 16.3 Å². The number of nitrogens with zero attached hydrogens (tertiary/aromatic N) is 2. The van der Waals surface area contributed by atoms with Crippen molar-refractivity contribution in [2.45, 2.75) is 36.9 Å². The molecule has 0 saturated carbocycles. The number of nitrogens with one attached hydrogen (secondary N) is 1. The average Bonchev–Trinajstić information content (AvgIpc) is 2.88. The number of fused-ring (bicyclic) bond motifs is 2. The summed E-state index contributed by atoms with van der Waals surface area (Å²) in [5, 5.41) is 12.5. The highest BCUT2D eigenvalue weighted by molar-refractivity contribution is 7.92. The monoisotopic (exact) mass is 535 g/mol. The van der Waals surface area contributed by atoms with Gasteiger partial charge in [-0.1, -0.05) is 36.4 Å². The minimum Gasteiger partial charge on any atom is -0.475 e. The largest absolute Gasteiger partial charge is 0.490 e. The molecule has 0 spiro atoms. The molecule has 1 atom stereocenters. The fraction of sp³-hybridized carbons (Fsp3) is 0.346. The summed E-state index contributed by atoms with van der Waals surface area (Å²) < 4.78 is 61.0. The summed E-state index contributed by atoms with van der Waals surface area (Å²) in [5.74, 6) is -2.76. The molecule has 1 saturated heterocycles. The number of alkyl halides is 3. The van der Waals surface area contributed by atoms with Gasteiger partial charge in [-0.2, -0.15) is 13.2 Å². The molecule has 1 fully saturated rings. The zero-order valence-electron chi connectivity index (χ0n) is 20.2. The number of halogens is 3. The molecule has 0 radical (unpaired) electrons. The average molecular weight is 536 g/mol. The van der Waals surface area contributed by atoms with E-state index in [0.717, 1.165) is 61.0 Å². The number of hydrogen-bond donors (Lipinski definition) is 2. The van der Waals surface area contributed by atoms with Gasteiger partial charge in [0.1, 0.15) is 0 Å². The molecule has 2 aliphatic rings. The van der Waals surface area contributed by atoms with Crippen LogP contribution in [0.5, 0.6) is 0 Å². The summed E-state index contributed by atoms with van der Waals surface area (Å²) in [4.78, 5) is 11.6. The molecule has 37 heavy (non-hydrogen) atoms. The zero-order valence-corrected chi connectivity index (χ0v) is 21.0.